The number of fused-ring (bicyclic) bond motifs is 1. The SMILES string of the molecule is Cc1cc(=O)oc2cc(OCC(=O)OCC(=O)N3N=C(c4ccc(Cl)cc4)C[C@H]3c3ccco3)ccc12. The van der Waals surface area contributed by atoms with Crippen LogP contribution in [0, 0.1) is 6.92 Å². The Kier molecular flexibility index (Phi) is 6.78. The molecule has 37 heavy (non-hydrogen) atoms. The molecule has 0 spiro atoms. The van der Waals surface area contributed by atoms with Crippen LogP contribution in [0.1, 0.15) is 29.3 Å². The normalized spacial score (nSPS) is 15.0. The van der Waals surface area contributed by atoms with Crippen molar-refractivity contribution >= 4 is 40.2 Å². The van der Waals surface area contributed by atoms with Gasteiger partial charge in [0.15, 0.2) is 13.2 Å². The molecule has 1 atom stereocenters. The third-order valence-electron chi connectivity index (χ3n) is 5.85. The van der Waals surface area contributed by atoms with Crippen LogP contribution in [-0.4, -0.2) is 35.8 Å². The van der Waals surface area contributed by atoms with Gasteiger partial charge in [-0.3, -0.25) is 4.79 Å². The maximum absolute atomic E-state index is 13.0. The minimum Gasteiger partial charge on any atom is -0.482 e. The molecule has 3 heterocycles. The molecule has 4 aromatic rings. The first-order valence-corrected chi connectivity index (χ1v) is 11.8. The van der Waals surface area contributed by atoms with E-state index in [0.29, 0.717) is 34.2 Å². The number of esters is 1. The van der Waals surface area contributed by atoms with Crippen molar-refractivity contribution in [2.24, 2.45) is 5.10 Å². The van der Waals surface area contributed by atoms with Gasteiger partial charge in [0.05, 0.1) is 12.0 Å². The highest BCUT2D eigenvalue weighted by atomic mass is 35.5. The molecular weight excluding hydrogens is 500 g/mol. The molecule has 0 unspecified atom stereocenters. The van der Waals surface area contributed by atoms with Crippen molar-refractivity contribution in [1.82, 2.24) is 5.01 Å². The average molecular weight is 521 g/mol. The van der Waals surface area contributed by atoms with Crippen LogP contribution in [0.25, 0.3) is 11.0 Å². The Morgan fingerprint density at radius 1 is 1.11 bits per heavy atom. The van der Waals surface area contributed by atoms with Crippen LogP contribution in [-0.2, 0) is 14.3 Å². The molecule has 0 N–H and O–H groups in total. The summed E-state index contributed by atoms with van der Waals surface area (Å²) in [6, 6.07) is 16.5. The van der Waals surface area contributed by atoms with Gasteiger partial charge in [0.25, 0.3) is 5.91 Å². The maximum atomic E-state index is 13.0. The predicted molar refractivity (Wildman–Crippen MR) is 135 cm³/mol. The minimum atomic E-state index is -0.741. The molecule has 0 fully saturated rings. The Balaban J connectivity index is 1.22. The van der Waals surface area contributed by atoms with Gasteiger partial charge in [-0.05, 0) is 54.4 Å². The van der Waals surface area contributed by atoms with Gasteiger partial charge in [-0.25, -0.2) is 14.6 Å². The topological polar surface area (TPSA) is 112 Å². The third-order valence-corrected chi connectivity index (χ3v) is 6.10. The molecule has 0 saturated heterocycles. The molecule has 0 bridgehead atoms. The van der Waals surface area contributed by atoms with Crippen molar-refractivity contribution in [3.8, 4) is 5.75 Å². The monoisotopic (exact) mass is 520 g/mol. The van der Waals surface area contributed by atoms with E-state index in [1.807, 2.05) is 12.1 Å². The Labute approximate surface area is 215 Å². The number of ether oxygens (including phenoxy) is 2. The second-order valence-electron chi connectivity index (χ2n) is 8.38. The second-order valence-corrected chi connectivity index (χ2v) is 8.82. The van der Waals surface area contributed by atoms with E-state index in [0.717, 1.165) is 16.5 Å². The van der Waals surface area contributed by atoms with E-state index < -0.39 is 36.8 Å². The smallest absolute Gasteiger partial charge is 0.344 e. The number of rotatable bonds is 7. The fraction of sp³-hybridized carbons (Fsp3) is 0.185. The molecule has 9 nitrogen and oxygen atoms in total. The highest BCUT2D eigenvalue weighted by Crippen LogP contribution is 2.33. The fourth-order valence-electron chi connectivity index (χ4n) is 4.05. The highest BCUT2D eigenvalue weighted by Gasteiger charge is 2.35. The summed E-state index contributed by atoms with van der Waals surface area (Å²) >= 11 is 5.99. The van der Waals surface area contributed by atoms with Crippen LogP contribution >= 0.6 is 11.6 Å². The van der Waals surface area contributed by atoms with Gasteiger partial charge in [0, 0.05) is 29.0 Å². The lowest BCUT2D eigenvalue weighted by atomic mass is 10.0. The molecule has 188 valence electrons. The van der Waals surface area contributed by atoms with Crippen molar-refractivity contribution in [3.63, 3.8) is 0 Å². The molecule has 1 aliphatic heterocycles. The molecule has 2 aromatic heterocycles. The quantitative estimate of drug-likeness (QED) is 0.257. The van der Waals surface area contributed by atoms with Crippen LogP contribution in [0.15, 0.2) is 85.7 Å². The van der Waals surface area contributed by atoms with Gasteiger partial charge < -0.3 is 18.3 Å². The maximum Gasteiger partial charge on any atom is 0.344 e. The van der Waals surface area contributed by atoms with E-state index in [2.05, 4.69) is 5.10 Å². The summed E-state index contributed by atoms with van der Waals surface area (Å²) in [7, 11) is 0. The van der Waals surface area contributed by atoms with Crippen molar-refractivity contribution < 1.29 is 27.9 Å². The van der Waals surface area contributed by atoms with E-state index in [-0.39, 0.29) is 0 Å². The number of benzene rings is 2. The second kappa shape index (κ2) is 10.3. The number of carbonyl (C=O) groups is 2. The fourth-order valence-corrected chi connectivity index (χ4v) is 4.17. The molecular formula is C27H21ClN2O7. The van der Waals surface area contributed by atoms with Gasteiger partial charge >= 0.3 is 11.6 Å². The highest BCUT2D eigenvalue weighted by molar-refractivity contribution is 6.30. The van der Waals surface area contributed by atoms with Crippen molar-refractivity contribution in [2.75, 3.05) is 13.2 Å². The molecule has 0 aliphatic carbocycles. The van der Waals surface area contributed by atoms with Gasteiger partial charge in [-0.2, -0.15) is 5.10 Å². The summed E-state index contributed by atoms with van der Waals surface area (Å²) in [6.45, 7) is 0.839. The van der Waals surface area contributed by atoms with Gasteiger partial charge in [-0.15, -0.1) is 0 Å². The van der Waals surface area contributed by atoms with E-state index >= 15 is 0 Å². The summed E-state index contributed by atoms with van der Waals surface area (Å²) in [5, 5.41) is 7.10. The zero-order valence-electron chi connectivity index (χ0n) is 19.7. The summed E-state index contributed by atoms with van der Waals surface area (Å²) < 4.78 is 21.3. The first-order valence-electron chi connectivity index (χ1n) is 11.4. The number of aryl methyl sites for hydroxylation is 1. The Bertz CT molecular complexity index is 1540. The number of furan rings is 1. The molecule has 0 saturated carbocycles. The number of hydrogen-bond acceptors (Lipinski definition) is 8. The number of nitrogens with zero attached hydrogens (tertiary/aromatic N) is 2. The number of hydrazone groups is 1. The van der Waals surface area contributed by atoms with Crippen LogP contribution in [0.5, 0.6) is 5.75 Å². The number of halogens is 1. The lowest BCUT2D eigenvalue weighted by Gasteiger charge is -2.19. The van der Waals surface area contributed by atoms with Crippen LogP contribution in [0.2, 0.25) is 5.02 Å². The zero-order chi connectivity index (χ0) is 25.9. The molecule has 2 aromatic carbocycles. The van der Waals surface area contributed by atoms with E-state index in [9.17, 15) is 14.4 Å². The third kappa shape index (κ3) is 5.41. The average Bonchev–Trinajstić information content (AvgIpc) is 3.56. The molecule has 0 radical (unpaired) electrons. The van der Waals surface area contributed by atoms with Gasteiger partial charge in [0.2, 0.25) is 0 Å². The lowest BCUT2D eigenvalue weighted by molar-refractivity contribution is -0.154. The summed E-state index contributed by atoms with van der Waals surface area (Å²) in [5.74, 6) is -0.371. The predicted octanol–water partition coefficient (Wildman–Crippen LogP) is 4.65. The van der Waals surface area contributed by atoms with Crippen molar-refractivity contribution in [1.29, 1.82) is 0 Å². The Hall–Kier alpha value is -4.37. The summed E-state index contributed by atoms with van der Waals surface area (Å²) in [4.78, 5) is 36.9. The summed E-state index contributed by atoms with van der Waals surface area (Å²) in [6.07, 6.45) is 1.95. The van der Waals surface area contributed by atoms with Gasteiger partial charge in [0.1, 0.15) is 23.1 Å². The Morgan fingerprint density at radius 2 is 1.92 bits per heavy atom. The number of hydrogen-bond donors (Lipinski definition) is 0. The van der Waals surface area contributed by atoms with Crippen LogP contribution in [0.3, 0.4) is 0 Å². The van der Waals surface area contributed by atoms with Crippen LogP contribution < -0.4 is 10.4 Å². The Morgan fingerprint density at radius 3 is 2.68 bits per heavy atom. The molecule has 10 heteroatoms. The zero-order valence-corrected chi connectivity index (χ0v) is 20.4. The largest absolute Gasteiger partial charge is 0.482 e. The van der Waals surface area contributed by atoms with E-state index in [4.69, 9.17) is 29.9 Å². The number of amides is 1. The first kappa shape index (κ1) is 24.3. The minimum absolute atomic E-state index is 0.319. The molecule has 1 aliphatic rings. The van der Waals surface area contributed by atoms with Crippen LogP contribution in [0.4, 0.5) is 0 Å². The van der Waals surface area contributed by atoms with E-state index in [1.165, 1.54) is 23.4 Å². The van der Waals surface area contributed by atoms with Crippen molar-refractivity contribution in [3.05, 3.63) is 99.3 Å². The van der Waals surface area contributed by atoms with Gasteiger partial charge in [-0.1, -0.05) is 23.7 Å². The van der Waals surface area contributed by atoms with Crippen molar-refractivity contribution in [2.45, 2.75) is 19.4 Å². The summed E-state index contributed by atoms with van der Waals surface area (Å²) in [5.41, 5.74) is 2.14. The first-order chi connectivity index (χ1) is 17.9. The van der Waals surface area contributed by atoms with E-state index in [1.54, 1.807) is 43.3 Å². The standard InChI is InChI=1S/C27H21ClN2O7/c1-16-11-26(32)37-24-12-19(8-9-20(16)24)35-15-27(33)36-14-25(31)30-22(23-3-2-10-34-23)13-21(29-30)17-4-6-18(28)7-5-17/h2-12,22H,13-15H2,1H3/t22-/m0/s1. The molecule has 1 amide bonds. The molecule has 5 rings (SSSR count). The number of carbonyl (C=O) groups excluding carboxylic acids is 2. The lowest BCUT2D eigenvalue weighted by Crippen LogP contribution is -2.32.